The van der Waals surface area contributed by atoms with Crippen molar-refractivity contribution >= 4 is 10.9 Å². The van der Waals surface area contributed by atoms with Gasteiger partial charge in [0.25, 0.3) is 5.56 Å². The molecule has 0 unspecified atom stereocenters. The number of hydrogen-bond donors (Lipinski definition) is 1. The van der Waals surface area contributed by atoms with Gasteiger partial charge < -0.3 is 9.72 Å². The lowest BCUT2D eigenvalue weighted by Gasteiger charge is -2.10. The summed E-state index contributed by atoms with van der Waals surface area (Å²) in [5.74, 6) is 1.27. The van der Waals surface area contributed by atoms with Gasteiger partial charge in [-0.15, -0.1) is 0 Å². The summed E-state index contributed by atoms with van der Waals surface area (Å²) >= 11 is 0. The molecule has 0 aliphatic rings. The number of aromatic nitrogens is 1. The summed E-state index contributed by atoms with van der Waals surface area (Å²) in [7, 11) is 0. The van der Waals surface area contributed by atoms with Crippen LogP contribution < -0.4 is 10.3 Å². The Hall–Kier alpha value is -1.77. The Morgan fingerprint density at radius 1 is 1.29 bits per heavy atom. The molecule has 2 rings (SSSR count). The normalized spacial score (nSPS) is 11.0. The molecule has 3 heteroatoms. The molecule has 0 bridgehead atoms. The highest BCUT2D eigenvalue weighted by Crippen LogP contribution is 2.21. The quantitative estimate of drug-likeness (QED) is 0.879. The van der Waals surface area contributed by atoms with Gasteiger partial charge in [-0.1, -0.05) is 26.0 Å². The van der Waals surface area contributed by atoms with Crippen molar-refractivity contribution in [3.05, 3.63) is 40.7 Å². The Labute approximate surface area is 100 Å². The van der Waals surface area contributed by atoms with Crippen LogP contribution in [0.1, 0.15) is 20.3 Å². The van der Waals surface area contributed by atoms with Gasteiger partial charge in [0, 0.05) is 11.5 Å². The molecule has 1 N–H and O–H groups in total. The largest absolute Gasteiger partial charge is 0.493 e. The minimum absolute atomic E-state index is 0.122. The monoisotopic (exact) mass is 231 g/mol. The predicted molar refractivity (Wildman–Crippen MR) is 69.5 cm³/mol. The van der Waals surface area contributed by atoms with Crippen molar-refractivity contribution in [1.82, 2.24) is 4.98 Å². The van der Waals surface area contributed by atoms with E-state index in [2.05, 4.69) is 18.8 Å². The molecule has 0 spiro atoms. The van der Waals surface area contributed by atoms with E-state index in [1.54, 1.807) is 0 Å². The molecule has 0 fully saturated rings. The maximum atomic E-state index is 11.5. The van der Waals surface area contributed by atoms with Gasteiger partial charge in [-0.25, -0.2) is 0 Å². The van der Waals surface area contributed by atoms with Gasteiger partial charge in [-0.2, -0.15) is 0 Å². The molecule has 90 valence electrons. The van der Waals surface area contributed by atoms with Crippen molar-refractivity contribution in [2.75, 3.05) is 6.61 Å². The fraction of sp³-hybridized carbons (Fsp3) is 0.357. The third kappa shape index (κ3) is 2.87. The van der Waals surface area contributed by atoms with E-state index in [9.17, 15) is 4.79 Å². The van der Waals surface area contributed by atoms with E-state index in [0.29, 0.717) is 18.3 Å². The van der Waals surface area contributed by atoms with Crippen molar-refractivity contribution in [2.45, 2.75) is 20.3 Å². The molecule has 0 amide bonds. The van der Waals surface area contributed by atoms with Gasteiger partial charge in [0.15, 0.2) is 0 Å². The number of aromatic amines is 1. The first-order valence-electron chi connectivity index (χ1n) is 5.91. The van der Waals surface area contributed by atoms with Crippen molar-refractivity contribution in [1.29, 1.82) is 0 Å². The molecule has 0 aliphatic heterocycles. The second-order valence-corrected chi connectivity index (χ2v) is 4.57. The second-order valence-electron chi connectivity index (χ2n) is 4.57. The molecule has 17 heavy (non-hydrogen) atoms. The summed E-state index contributed by atoms with van der Waals surface area (Å²) in [4.78, 5) is 14.3. The van der Waals surface area contributed by atoms with Gasteiger partial charge in [-0.05, 0) is 24.5 Å². The predicted octanol–water partition coefficient (Wildman–Crippen LogP) is 2.95. The molecular weight excluding hydrogens is 214 g/mol. The van der Waals surface area contributed by atoms with Crippen LogP contribution in [0, 0.1) is 5.92 Å². The number of rotatable bonds is 4. The fourth-order valence-electron chi connectivity index (χ4n) is 1.70. The second kappa shape index (κ2) is 5.04. The SMILES string of the molecule is CC(C)CCOc1cc(=O)[nH]c2ccccc12. The maximum absolute atomic E-state index is 11.5. The van der Waals surface area contributed by atoms with Crippen LogP contribution in [0.4, 0.5) is 0 Å². The van der Waals surface area contributed by atoms with Crippen LogP contribution in [0.3, 0.4) is 0 Å². The zero-order chi connectivity index (χ0) is 12.3. The summed E-state index contributed by atoms with van der Waals surface area (Å²) in [6.07, 6.45) is 0.987. The van der Waals surface area contributed by atoms with Crippen LogP contribution >= 0.6 is 0 Å². The lowest BCUT2D eigenvalue weighted by Crippen LogP contribution is -2.08. The van der Waals surface area contributed by atoms with Crippen molar-refractivity contribution in [3.8, 4) is 5.75 Å². The highest BCUT2D eigenvalue weighted by Gasteiger charge is 2.04. The van der Waals surface area contributed by atoms with Crippen LogP contribution in [-0.2, 0) is 0 Å². The summed E-state index contributed by atoms with van der Waals surface area (Å²) in [6, 6.07) is 9.19. The fourth-order valence-corrected chi connectivity index (χ4v) is 1.70. The van der Waals surface area contributed by atoms with E-state index in [4.69, 9.17) is 4.74 Å². The number of hydrogen-bond acceptors (Lipinski definition) is 2. The Morgan fingerprint density at radius 3 is 2.82 bits per heavy atom. The van der Waals surface area contributed by atoms with E-state index in [0.717, 1.165) is 17.3 Å². The first-order valence-corrected chi connectivity index (χ1v) is 5.91. The standard InChI is InChI=1S/C14H17NO2/c1-10(2)7-8-17-13-9-14(16)15-12-6-4-3-5-11(12)13/h3-6,9-10H,7-8H2,1-2H3,(H,15,16). The van der Waals surface area contributed by atoms with Gasteiger partial charge in [0.05, 0.1) is 12.1 Å². The molecular formula is C14H17NO2. The molecule has 1 aromatic heterocycles. The van der Waals surface area contributed by atoms with Crippen molar-refractivity contribution < 1.29 is 4.74 Å². The Bertz CT molecular complexity index is 557. The highest BCUT2D eigenvalue weighted by atomic mass is 16.5. The summed E-state index contributed by atoms with van der Waals surface area (Å²) < 4.78 is 5.69. The average Bonchev–Trinajstić information content (AvgIpc) is 2.28. The van der Waals surface area contributed by atoms with Crippen LogP contribution in [-0.4, -0.2) is 11.6 Å². The Kier molecular flexibility index (Phi) is 3.47. The third-order valence-electron chi connectivity index (χ3n) is 2.67. The molecule has 0 aliphatic carbocycles. The number of H-pyrrole nitrogens is 1. The summed E-state index contributed by atoms with van der Waals surface area (Å²) in [6.45, 7) is 4.95. The first kappa shape index (κ1) is 11.7. The van der Waals surface area contributed by atoms with Crippen LogP contribution in [0.2, 0.25) is 0 Å². The minimum atomic E-state index is -0.122. The van der Waals surface area contributed by atoms with Crippen LogP contribution in [0.25, 0.3) is 10.9 Å². The third-order valence-corrected chi connectivity index (χ3v) is 2.67. The molecule has 1 aromatic carbocycles. The molecule has 0 atom stereocenters. The maximum Gasteiger partial charge on any atom is 0.252 e. The van der Waals surface area contributed by atoms with Gasteiger partial charge in [-0.3, -0.25) is 4.79 Å². The summed E-state index contributed by atoms with van der Waals surface area (Å²) in [5.41, 5.74) is 0.697. The number of pyridine rings is 1. The minimum Gasteiger partial charge on any atom is -0.493 e. The Morgan fingerprint density at radius 2 is 2.06 bits per heavy atom. The van der Waals surface area contributed by atoms with Crippen LogP contribution in [0.15, 0.2) is 35.1 Å². The summed E-state index contributed by atoms with van der Waals surface area (Å²) in [5, 5.41) is 0.954. The molecule has 3 nitrogen and oxygen atoms in total. The molecule has 1 heterocycles. The van der Waals surface area contributed by atoms with E-state index in [1.165, 1.54) is 6.07 Å². The molecule has 0 saturated carbocycles. The van der Waals surface area contributed by atoms with E-state index < -0.39 is 0 Å². The Balaban J connectivity index is 2.29. The smallest absolute Gasteiger partial charge is 0.252 e. The average molecular weight is 231 g/mol. The van der Waals surface area contributed by atoms with Crippen molar-refractivity contribution in [3.63, 3.8) is 0 Å². The lowest BCUT2D eigenvalue weighted by atomic mass is 10.1. The number of ether oxygens (including phenoxy) is 1. The number of nitrogens with one attached hydrogen (secondary N) is 1. The molecule has 0 radical (unpaired) electrons. The van der Waals surface area contributed by atoms with Gasteiger partial charge >= 0.3 is 0 Å². The first-order chi connectivity index (χ1) is 8.16. The van der Waals surface area contributed by atoms with E-state index in [1.807, 2.05) is 24.3 Å². The topological polar surface area (TPSA) is 42.1 Å². The van der Waals surface area contributed by atoms with Gasteiger partial charge in [0.2, 0.25) is 0 Å². The van der Waals surface area contributed by atoms with Crippen molar-refractivity contribution in [2.24, 2.45) is 5.92 Å². The van der Waals surface area contributed by atoms with E-state index >= 15 is 0 Å². The lowest BCUT2D eigenvalue weighted by molar-refractivity contribution is 0.292. The number of para-hydroxylation sites is 1. The van der Waals surface area contributed by atoms with Gasteiger partial charge in [0.1, 0.15) is 5.75 Å². The molecule has 0 saturated heterocycles. The zero-order valence-corrected chi connectivity index (χ0v) is 10.2. The molecule has 2 aromatic rings. The van der Waals surface area contributed by atoms with E-state index in [-0.39, 0.29) is 5.56 Å². The zero-order valence-electron chi connectivity index (χ0n) is 10.2. The highest BCUT2D eigenvalue weighted by molar-refractivity contribution is 5.84. The number of benzene rings is 1. The number of fused-ring (bicyclic) bond motifs is 1. The van der Waals surface area contributed by atoms with Crippen LogP contribution in [0.5, 0.6) is 5.75 Å².